The molecule has 1 unspecified atom stereocenters. The molecule has 0 spiro atoms. The van der Waals surface area contributed by atoms with Gasteiger partial charge in [0.2, 0.25) is 5.95 Å². The van der Waals surface area contributed by atoms with Gasteiger partial charge in [0, 0.05) is 0 Å². The van der Waals surface area contributed by atoms with Crippen LogP contribution in [0.1, 0.15) is 18.5 Å². The number of H-pyrrole nitrogens is 1. The first-order valence-corrected chi connectivity index (χ1v) is 6.37. The lowest BCUT2D eigenvalue weighted by Crippen LogP contribution is -2.14. The minimum Gasteiger partial charge on any atom is -0.363 e. The number of rotatable bonds is 4. The van der Waals surface area contributed by atoms with Crippen molar-refractivity contribution in [1.82, 2.24) is 20.2 Å². The van der Waals surface area contributed by atoms with E-state index < -0.39 is 0 Å². The molecular weight excluding hydrogens is 273 g/mol. The summed E-state index contributed by atoms with van der Waals surface area (Å²) in [5.74, 6) is 5.91. The molecule has 7 nitrogen and oxygen atoms in total. The van der Waals surface area contributed by atoms with E-state index in [1.54, 1.807) is 12.3 Å². The summed E-state index contributed by atoms with van der Waals surface area (Å²) in [7, 11) is 0. The first-order chi connectivity index (χ1) is 10.2. The molecule has 2 heterocycles. The van der Waals surface area contributed by atoms with E-state index in [0.29, 0.717) is 11.5 Å². The summed E-state index contributed by atoms with van der Waals surface area (Å²) in [6.07, 6.45) is 1.62. The number of hydrazine groups is 1. The molecule has 1 atom stereocenters. The van der Waals surface area contributed by atoms with E-state index in [1.165, 1.54) is 12.1 Å². The lowest BCUT2D eigenvalue weighted by atomic mass is 10.1. The van der Waals surface area contributed by atoms with Crippen LogP contribution in [0.5, 0.6) is 0 Å². The highest BCUT2D eigenvalue weighted by Crippen LogP contribution is 2.24. The Hall–Kier alpha value is -2.74. The Balaban J connectivity index is 1.95. The Bertz CT molecular complexity index is 770. The monoisotopic (exact) mass is 287 g/mol. The molecule has 5 N–H and O–H groups in total. The van der Waals surface area contributed by atoms with Crippen LogP contribution >= 0.6 is 0 Å². The number of aromatic nitrogens is 4. The molecule has 0 bridgehead atoms. The third-order valence-electron chi connectivity index (χ3n) is 3.14. The van der Waals surface area contributed by atoms with Crippen molar-refractivity contribution < 1.29 is 4.39 Å². The summed E-state index contributed by atoms with van der Waals surface area (Å²) >= 11 is 0. The number of nitrogens with one attached hydrogen (secondary N) is 3. The van der Waals surface area contributed by atoms with E-state index in [0.717, 1.165) is 10.9 Å². The van der Waals surface area contributed by atoms with Crippen molar-refractivity contribution in [2.75, 3.05) is 10.7 Å². The first kappa shape index (κ1) is 13.3. The molecule has 0 aliphatic carbocycles. The SMILES string of the molecule is CC(Nc1nc(NN)nc2[nH]ncc12)c1cccc(F)c1. The van der Waals surface area contributed by atoms with Crippen LogP contribution in [0.3, 0.4) is 0 Å². The molecule has 3 rings (SSSR count). The Kier molecular flexibility index (Phi) is 3.36. The number of hydrogen-bond acceptors (Lipinski definition) is 6. The number of aromatic amines is 1. The number of fused-ring (bicyclic) bond motifs is 1. The molecule has 3 aromatic rings. The number of benzene rings is 1. The third kappa shape index (κ3) is 2.61. The van der Waals surface area contributed by atoms with Crippen molar-refractivity contribution in [3.05, 3.63) is 41.8 Å². The molecule has 2 aromatic heterocycles. The van der Waals surface area contributed by atoms with Crippen molar-refractivity contribution in [2.24, 2.45) is 5.84 Å². The summed E-state index contributed by atoms with van der Waals surface area (Å²) in [5, 5.41) is 10.6. The van der Waals surface area contributed by atoms with Crippen LogP contribution < -0.4 is 16.6 Å². The number of hydrogen-bond donors (Lipinski definition) is 4. The van der Waals surface area contributed by atoms with E-state index in [-0.39, 0.29) is 17.8 Å². The topological polar surface area (TPSA) is 105 Å². The van der Waals surface area contributed by atoms with E-state index >= 15 is 0 Å². The molecule has 0 aliphatic rings. The lowest BCUT2D eigenvalue weighted by molar-refractivity contribution is 0.623. The molecule has 0 fully saturated rings. The van der Waals surface area contributed by atoms with Gasteiger partial charge >= 0.3 is 0 Å². The van der Waals surface area contributed by atoms with Gasteiger partial charge in [-0.1, -0.05) is 12.1 Å². The molecule has 108 valence electrons. The molecule has 0 aliphatic heterocycles. The minimum atomic E-state index is -0.276. The molecule has 0 radical (unpaired) electrons. The second-order valence-electron chi connectivity index (χ2n) is 4.59. The van der Waals surface area contributed by atoms with E-state index in [4.69, 9.17) is 5.84 Å². The fraction of sp³-hybridized carbons (Fsp3) is 0.154. The number of nitrogen functional groups attached to an aromatic ring is 1. The Morgan fingerprint density at radius 3 is 2.95 bits per heavy atom. The highest BCUT2D eigenvalue weighted by atomic mass is 19.1. The second kappa shape index (κ2) is 5.33. The van der Waals surface area contributed by atoms with Crippen molar-refractivity contribution in [1.29, 1.82) is 0 Å². The van der Waals surface area contributed by atoms with Gasteiger partial charge in [0.15, 0.2) is 5.65 Å². The van der Waals surface area contributed by atoms with Gasteiger partial charge in [0.1, 0.15) is 11.6 Å². The van der Waals surface area contributed by atoms with Crippen LogP contribution in [0.25, 0.3) is 11.0 Å². The summed E-state index contributed by atoms with van der Waals surface area (Å²) in [4.78, 5) is 8.41. The van der Waals surface area contributed by atoms with Gasteiger partial charge in [-0.2, -0.15) is 15.1 Å². The predicted molar refractivity (Wildman–Crippen MR) is 77.9 cm³/mol. The summed E-state index contributed by atoms with van der Waals surface area (Å²) < 4.78 is 13.3. The zero-order chi connectivity index (χ0) is 14.8. The number of anilines is 2. The van der Waals surface area contributed by atoms with Gasteiger partial charge in [-0.25, -0.2) is 10.2 Å². The van der Waals surface area contributed by atoms with Crippen molar-refractivity contribution in [2.45, 2.75) is 13.0 Å². The molecule has 8 heteroatoms. The second-order valence-corrected chi connectivity index (χ2v) is 4.59. The quantitative estimate of drug-likeness (QED) is 0.432. The Labute approximate surface area is 119 Å². The van der Waals surface area contributed by atoms with Gasteiger partial charge in [-0.05, 0) is 24.6 Å². The largest absolute Gasteiger partial charge is 0.363 e. The molecule has 1 aromatic carbocycles. The minimum absolute atomic E-state index is 0.140. The fourth-order valence-corrected chi connectivity index (χ4v) is 2.07. The highest BCUT2D eigenvalue weighted by Gasteiger charge is 2.13. The number of halogens is 1. The van der Waals surface area contributed by atoms with Crippen LogP contribution in [-0.4, -0.2) is 20.2 Å². The van der Waals surface area contributed by atoms with E-state index in [1.807, 2.05) is 13.0 Å². The molecular formula is C13H14FN7. The van der Waals surface area contributed by atoms with Gasteiger partial charge in [0.25, 0.3) is 0 Å². The Morgan fingerprint density at radius 2 is 2.19 bits per heavy atom. The zero-order valence-electron chi connectivity index (χ0n) is 11.3. The normalized spacial score (nSPS) is 12.3. The smallest absolute Gasteiger partial charge is 0.241 e. The van der Waals surface area contributed by atoms with Gasteiger partial charge in [0.05, 0.1) is 17.6 Å². The average Bonchev–Trinajstić information content (AvgIpc) is 2.95. The van der Waals surface area contributed by atoms with Crippen molar-refractivity contribution in [3.8, 4) is 0 Å². The summed E-state index contributed by atoms with van der Waals surface area (Å²) in [6.45, 7) is 1.92. The summed E-state index contributed by atoms with van der Waals surface area (Å²) in [6, 6.07) is 6.26. The van der Waals surface area contributed by atoms with Gasteiger partial charge in [-0.15, -0.1) is 0 Å². The predicted octanol–water partition coefficient (Wildman–Crippen LogP) is 1.95. The van der Waals surface area contributed by atoms with E-state index in [2.05, 4.69) is 30.9 Å². The molecule has 0 amide bonds. The van der Waals surface area contributed by atoms with Gasteiger partial charge < -0.3 is 5.32 Å². The van der Waals surface area contributed by atoms with Gasteiger partial charge in [-0.3, -0.25) is 10.5 Å². The van der Waals surface area contributed by atoms with Crippen LogP contribution in [0.2, 0.25) is 0 Å². The standard InChI is InChI=1S/C13H14FN7/c1-7(8-3-2-4-9(14)5-8)17-11-10-6-16-21-12(10)19-13(18-11)20-15/h2-7H,15H2,1H3,(H3,16,17,18,19,20,21). The fourth-order valence-electron chi connectivity index (χ4n) is 2.07. The first-order valence-electron chi connectivity index (χ1n) is 6.37. The molecule has 0 saturated carbocycles. The summed E-state index contributed by atoms with van der Waals surface area (Å²) in [5.41, 5.74) is 3.78. The molecule has 0 saturated heterocycles. The number of nitrogens with two attached hydrogens (primary N) is 1. The maximum atomic E-state index is 13.3. The van der Waals surface area contributed by atoms with Crippen molar-refractivity contribution in [3.63, 3.8) is 0 Å². The van der Waals surface area contributed by atoms with Crippen molar-refractivity contribution >= 4 is 22.8 Å². The maximum Gasteiger partial charge on any atom is 0.241 e. The average molecular weight is 287 g/mol. The van der Waals surface area contributed by atoms with Crippen LogP contribution in [0, 0.1) is 5.82 Å². The maximum absolute atomic E-state index is 13.3. The lowest BCUT2D eigenvalue weighted by Gasteiger charge is -2.16. The van der Waals surface area contributed by atoms with Crippen LogP contribution in [0.4, 0.5) is 16.2 Å². The molecule has 21 heavy (non-hydrogen) atoms. The van der Waals surface area contributed by atoms with Crippen LogP contribution in [0.15, 0.2) is 30.5 Å². The third-order valence-corrected chi connectivity index (χ3v) is 3.14. The zero-order valence-corrected chi connectivity index (χ0v) is 11.3. The van der Waals surface area contributed by atoms with Crippen LogP contribution in [-0.2, 0) is 0 Å². The van der Waals surface area contributed by atoms with E-state index in [9.17, 15) is 4.39 Å². The highest BCUT2D eigenvalue weighted by molar-refractivity contribution is 5.87. The number of nitrogens with zero attached hydrogens (tertiary/aromatic N) is 3. The Morgan fingerprint density at radius 1 is 1.33 bits per heavy atom.